The number of hydrogen-bond acceptors (Lipinski definition) is 3. The normalized spacial score (nSPS) is 25.0. The summed E-state index contributed by atoms with van der Waals surface area (Å²) in [6.45, 7) is 6.91. The number of nitrogens with zero attached hydrogens (tertiary/aromatic N) is 1. The Morgan fingerprint density at radius 2 is 2.00 bits per heavy atom. The Labute approximate surface area is 132 Å². The van der Waals surface area contributed by atoms with Crippen LogP contribution in [0.3, 0.4) is 0 Å². The molecule has 2 aliphatic rings. The van der Waals surface area contributed by atoms with E-state index in [-0.39, 0.29) is 18.1 Å². The average molecular weight is 302 g/mol. The summed E-state index contributed by atoms with van der Waals surface area (Å²) in [5, 5.41) is 3.46. The number of fused-ring (bicyclic) bond motifs is 1. The molecule has 4 nitrogen and oxygen atoms in total. The summed E-state index contributed by atoms with van der Waals surface area (Å²) in [6.07, 6.45) is 3.61. The van der Waals surface area contributed by atoms with E-state index in [9.17, 15) is 4.79 Å². The summed E-state index contributed by atoms with van der Waals surface area (Å²) in [6, 6.07) is 8.46. The molecule has 3 rings (SSSR count). The van der Waals surface area contributed by atoms with Gasteiger partial charge < -0.3 is 15.0 Å². The molecule has 4 heteroatoms. The van der Waals surface area contributed by atoms with Gasteiger partial charge in [0, 0.05) is 18.3 Å². The standard InChI is InChI=1S/C18H26N2O2/c1-12(2)22-16-10-15(11-16)19-13(3)18(21)20-9-8-14-6-4-5-7-17(14)20/h4-7,12-13,15-16,19H,8-11H2,1-3H3/t13-,15?,16?/m0/s1. The molecular weight excluding hydrogens is 276 g/mol. The Morgan fingerprint density at radius 3 is 2.73 bits per heavy atom. The topological polar surface area (TPSA) is 41.6 Å². The largest absolute Gasteiger partial charge is 0.375 e. The van der Waals surface area contributed by atoms with Crippen molar-refractivity contribution in [1.82, 2.24) is 5.32 Å². The predicted octanol–water partition coefficient (Wildman–Crippen LogP) is 2.51. The van der Waals surface area contributed by atoms with Crippen LogP contribution in [0.5, 0.6) is 0 Å². The number of hydrogen-bond donors (Lipinski definition) is 1. The molecule has 0 unspecified atom stereocenters. The molecule has 1 aromatic rings. The molecule has 0 aromatic heterocycles. The maximum Gasteiger partial charge on any atom is 0.243 e. The first-order chi connectivity index (χ1) is 10.5. The number of benzene rings is 1. The highest BCUT2D eigenvalue weighted by Crippen LogP contribution is 2.29. The van der Waals surface area contributed by atoms with Crippen molar-refractivity contribution in [3.05, 3.63) is 29.8 Å². The van der Waals surface area contributed by atoms with Gasteiger partial charge in [-0.2, -0.15) is 0 Å². The second-order valence-electron chi connectivity index (χ2n) is 6.73. The molecule has 1 fully saturated rings. The average Bonchev–Trinajstić information content (AvgIpc) is 2.87. The molecule has 22 heavy (non-hydrogen) atoms. The molecule has 1 aliphatic carbocycles. The van der Waals surface area contributed by atoms with Crippen molar-refractivity contribution in [2.75, 3.05) is 11.4 Å². The van der Waals surface area contributed by atoms with Gasteiger partial charge in [-0.05, 0) is 51.7 Å². The molecule has 1 N–H and O–H groups in total. The van der Waals surface area contributed by atoms with Crippen LogP contribution in [0.4, 0.5) is 5.69 Å². The number of carbonyl (C=O) groups excluding carboxylic acids is 1. The van der Waals surface area contributed by atoms with Gasteiger partial charge in [0.2, 0.25) is 5.91 Å². The zero-order valence-electron chi connectivity index (χ0n) is 13.7. The van der Waals surface area contributed by atoms with Crippen molar-refractivity contribution < 1.29 is 9.53 Å². The van der Waals surface area contributed by atoms with Crippen LogP contribution in [0.25, 0.3) is 0 Å². The van der Waals surface area contributed by atoms with Gasteiger partial charge in [0.05, 0.1) is 18.2 Å². The fourth-order valence-corrected chi connectivity index (χ4v) is 3.42. The molecule has 0 bridgehead atoms. The Balaban J connectivity index is 1.52. The number of nitrogens with one attached hydrogen (secondary N) is 1. The van der Waals surface area contributed by atoms with Gasteiger partial charge in [0.1, 0.15) is 0 Å². The Morgan fingerprint density at radius 1 is 1.27 bits per heavy atom. The lowest BCUT2D eigenvalue weighted by atomic mass is 9.88. The highest BCUT2D eigenvalue weighted by atomic mass is 16.5. The Bertz CT molecular complexity index is 538. The molecule has 1 aromatic carbocycles. The first kappa shape index (κ1) is 15.5. The minimum absolute atomic E-state index is 0.142. The van der Waals surface area contributed by atoms with Crippen LogP contribution >= 0.6 is 0 Å². The highest BCUT2D eigenvalue weighted by Gasteiger charge is 2.34. The number of ether oxygens (including phenoxy) is 1. The maximum atomic E-state index is 12.7. The molecular formula is C18H26N2O2. The third-order valence-corrected chi connectivity index (χ3v) is 4.57. The molecule has 1 aliphatic heterocycles. The molecule has 1 atom stereocenters. The molecule has 0 spiro atoms. The lowest BCUT2D eigenvalue weighted by Crippen LogP contribution is -2.54. The van der Waals surface area contributed by atoms with E-state index in [1.54, 1.807) is 0 Å². The van der Waals surface area contributed by atoms with Gasteiger partial charge in [-0.3, -0.25) is 4.79 Å². The number of para-hydroxylation sites is 1. The van der Waals surface area contributed by atoms with Gasteiger partial charge in [0.15, 0.2) is 0 Å². The van der Waals surface area contributed by atoms with E-state index in [0.717, 1.165) is 31.5 Å². The van der Waals surface area contributed by atoms with Gasteiger partial charge in [-0.1, -0.05) is 18.2 Å². The minimum Gasteiger partial charge on any atom is -0.375 e. The molecule has 1 saturated carbocycles. The number of rotatable bonds is 5. The maximum absolute atomic E-state index is 12.7. The van der Waals surface area contributed by atoms with Crippen molar-refractivity contribution >= 4 is 11.6 Å². The van der Waals surface area contributed by atoms with E-state index in [4.69, 9.17) is 4.74 Å². The van der Waals surface area contributed by atoms with E-state index in [1.807, 2.05) is 30.0 Å². The first-order valence-corrected chi connectivity index (χ1v) is 8.35. The van der Waals surface area contributed by atoms with Gasteiger partial charge in [-0.25, -0.2) is 0 Å². The van der Waals surface area contributed by atoms with Crippen molar-refractivity contribution in [1.29, 1.82) is 0 Å². The molecule has 120 valence electrons. The molecule has 1 heterocycles. The van der Waals surface area contributed by atoms with Crippen LogP contribution < -0.4 is 10.2 Å². The highest BCUT2D eigenvalue weighted by molar-refractivity contribution is 5.98. The van der Waals surface area contributed by atoms with Crippen molar-refractivity contribution in [2.24, 2.45) is 0 Å². The summed E-state index contributed by atoms with van der Waals surface area (Å²) in [5.74, 6) is 0.179. The zero-order valence-corrected chi connectivity index (χ0v) is 13.7. The molecule has 0 radical (unpaired) electrons. The lowest BCUT2D eigenvalue weighted by molar-refractivity contribution is -0.121. The van der Waals surface area contributed by atoms with Gasteiger partial charge in [0.25, 0.3) is 0 Å². The van der Waals surface area contributed by atoms with Crippen LogP contribution in [0.15, 0.2) is 24.3 Å². The van der Waals surface area contributed by atoms with E-state index in [0.29, 0.717) is 12.1 Å². The lowest BCUT2D eigenvalue weighted by Gasteiger charge is -2.38. The van der Waals surface area contributed by atoms with Crippen molar-refractivity contribution in [2.45, 2.75) is 64.3 Å². The fourth-order valence-electron chi connectivity index (χ4n) is 3.42. The smallest absolute Gasteiger partial charge is 0.243 e. The quantitative estimate of drug-likeness (QED) is 0.908. The summed E-state index contributed by atoms with van der Waals surface area (Å²) in [4.78, 5) is 14.6. The minimum atomic E-state index is -0.142. The number of carbonyl (C=O) groups is 1. The first-order valence-electron chi connectivity index (χ1n) is 8.35. The van der Waals surface area contributed by atoms with Crippen molar-refractivity contribution in [3.63, 3.8) is 0 Å². The Hall–Kier alpha value is -1.39. The summed E-state index contributed by atoms with van der Waals surface area (Å²) < 4.78 is 5.77. The fraction of sp³-hybridized carbons (Fsp3) is 0.611. The van der Waals surface area contributed by atoms with E-state index < -0.39 is 0 Å². The van der Waals surface area contributed by atoms with Crippen molar-refractivity contribution in [3.8, 4) is 0 Å². The molecule has 1 amide bonds. The van der Waals surface area contributed by atoms with E-state index in [1.165, 1.54) is 5.56 Å². The monoisotopic (exact) mass is 302 g/mol. The van der Waals surface area contributed by atoms with Crippen LogP contribution in [-0.4, -0.2) is 36.7 Å². The second-order valence-corrected chi connectivity index (χ2v) is 6.73. The third kappa shape index (κ3) is 3.18. The van der Waals surface area contributed by atoms with Crippen LogP contribution in [0, 0.1) is 0 Å². The summed E-state index contributed by atoms with van der Waals surface area (Å²) in [5.41, 5.74) is 2.35. The molecule has 0 saturated heterocycles. The number of anilines is 1. The summed E-state index contributed by atoms with van der Waals surface area (Å²) >= 11 is 0. The predicted molar refractivity (Wildman–Crippen MR) is 88.1 cm³/mol. The summed E-state index contributed by atoms with van der Waals surface area (Å²) in [7, 11) is 0. The van der Waals surface area contributed by atoms with E-state index >= 15 is 0 Å². The Kier molecular flexibility index (Phi) is 4.50. The number of amides is 1. The van der Waals surface area contributed by atoms with Crippen LogP contribution in [0.1, 0.15) is 39.2 Å². The van der Waals surface area contributed by atoms with Crippen LogP contribution in [-0.2, 0) is 16.0 Å². The SMILES string of the molecule is CC(C)OC1CC(N[C@@H](C)C(=O)N2CCc3ccccc32)C1. The van der Waals surface area contributed by atoms with Crippen LogP contribution in [0.2, 0.25) is 0 Å². The second kappa shape index (κ2) is 6.39. The third-order valence-electron chi connectivity index (χ3n) is 4.57. The zero-order chi connectivity index (χ0) is 15.7. The van der Waals surface area contributed by atoms with E-state index in [2.05, 4.69) is 25.2 Å². The van der Waals surface area contributed by atoms with Gasteiger partial charge in [-0.15, -0.1) is 0 Å². The van der Waals surface area contributed by atoms with Gasteiger partial charge >= 0.3 is 0 Å².